The van der Waals surface area contributed by atoms with Gasteiger partial charge in [-0.05, 0) is 31.0 Å². The minimum Gasteiger partial charge on any atom is -0.381 e. The van der Waals surface area contributed by atoms with Gasteiger partial charge < -0.3 is 4.74 Å². The van der Waals surface area contributed by atoms with Crippen LogP contribution in [-0.4, -0.2) is 23.0 Å². The molecule has 108 valence electrons. The first-order valence-corrected chi connectivity index (χ1v) is 7.00. The summed E-state index contributed by atoms with van der Waals surface area (Å²) < 4.78 is 7.44. The molecular formula is C15H22N4O. The molecule has 3 N–H and O–H groups in total. The van der Waals surface area contributed by atoms with Crippen molar-refractivity contribution in [3.63, 3.8) is 0 Å². The highest BCUT2D eigenvalue weighted by atomic mass is 16.5. The molecule has 5 heteroatoms. The summed E-state index contributed by atoms with van der Waals surface area (Å²) in [5.74, 6) is 5.68. The summed E-state index contributed by atoms with van der Waals surface area (Å²) in [6.45, 7) is 3.57. The quantitative estimate of drug-likeness (QED) is 0.440. The maximum absolute atomic E-state index is 5.68. The van der Waals surface area contributed by atoms with Crippen LogP contribution >= 0.6 is 0 Å². The highest BCUT2D eigenvalue weighted by Crippen LogP contribution is 2.19. The molecule has 0 fully saturated rings. The van der Waals surface area contributed by atoms with Gasteiger partial charge in [0.05, 0.1) is 17.4 Å². The van der Waals surface area contributed by atoms with Crippen LogP contribution in [0.25, 0.3) is 5.69 Å². The number of nitrogens with zero attached hydrogens (tertiary/aromatic N) is 2. The second kappa shape index (κ2) is 7.79. The van der Waals surface area contributed by atoms with Crippen molar-refractivity contribution in [2.24, 2.45) is 5.84 Å². The number of nitrogens with one attached hydrogen (secondary N) is 1. The number of ether oxygens (including phenoxy) is 1. The lowest BCUT2D eigenvalue weighted by atomic mass is 10.1. The van der Waals surface area contributed by atoms with Crippen molar-refractivity contribution in [2.45, 2.75) is 25.8 Å². The largest absolute Gasteiger partial charge is 0.381 e. The Bertz CT molecular complexity index is 498. The van der Waals surface area contributed by atoms with Crippen LogP contribution < -0.4 is 11.3 Å². The Morgan fingerprint density at radius 2 is 2.05 bits per heavy atom. The van der Waals surface area contributed by atoms with Gasteiger partial charge in [0.1, 0.15) is 0 Å². The molecule has 0 amide bonds. The van der Waals surface area contributed by atoms with Gasteiger partial charge in [0.15, 0.2) is 0 Å². The smallest absolute Gasteiger partial charge is 0.0655 e. The summed E-state index contributed by atoms with van der Waals surface area (Å²) in [4.78, 5) is 0. The molecule has 1 heterocycles. The van der Waals surface area contributed by atoms with Gasteiger partial charge in [-0.3, -0.25) is 11.3 Å². The maximum atomic E-state index is 5.68. The van der Waals surface area contributed by atoms with E-state index in [-0.39, 0.29) is 6.04 Å². The lowest BCUT2D eigenvalue weighted by molar-refractivity contribution is 0.124. The molecule has 0 radical (unpaired) electrons. The molecule has 0 spiro atoms. The summed E-state index contributed by atoms with van der Waals surface area (Å²) in [5, 5.41) is 4.38. The van der Waals surface area contributed by atoms with Crippen molar-refractivity contribution in [3.8, 4) is 5.69 Å². The predicted molar refractivity (Wildman–Crippen MR) is 79.4 cm³/mol. The van der Waals surface area contributed by atoms with Gasteiger partial charge in [0, 0.05) is 19.4 Å². The summed E-state index contributed by atoms with van der Waals surface area (Å²) in [6.07, 6.45) is 3.64. The van der Waals surface area contributed by atoms with Crippen molar-refractivity contribution in [3.05, 3.63) is 48.3 Å². The zero-order valence-electron chi connectivity index (χ0n) is 11.8. The van der Waals surface area contributed by atoms with Gasteiger partial charge in [-0.15, -0.1) is 0 Å². The zero-order chi connectivity index (χ0) is 14.2. The van der Waals surface area contributed by atoms with Gasteiger partial charge in [-0.2, -0.15) is 5.10 Å². The Morgan fingerprint density at radius 1 is 1.25 bits per heavy atom. The SMILES string of the molecule is CCCOCCC(NN)c1ccnn1-c1ccccc1. The molecule has 20 heavy (non-hydrogen) atoms. The van der Waals surface area contributed by atoms with Gasteiger partial charge in [0.25, 0.3) is 0 Å². The fourth-order valence-electron chi connectivity index (χ4n) is 2.13. The first-order valence-electron chi connectivity index (χ1n) is 7.00. The van der Waals surface area contributed by atoms with E-state index in [9.17, 15) is 0 Å². The molecule has 1 aromatic heterocycles. The Kier molecular flexibility index (Phi) is 5.73. The van der Waals surface area contributed by atoms with Crippen LogP contribution in [-0.2, 0) is 4.74 Å². The molecule has 1 unspecified atom stereocenters. The van der Waals surface area contributed by atoms with Crippen molar-refractivity contribution < 1.29 is 4.74 Å². The average molecular weight is 274 g/mol. The van der Waals surface area contributed by atoms with E-state index in [4.69, 9.17) is 10.6 Å². The van der Waals surface area contributed by atoms with E-state index in [1.165, 1.54) is 0 Å². The van der Waals surface area contributed by atoms with Crippen LogP contribution in [0, 0.1) is 0 Å². The Hall–Kier alpha value is -1.69. The number of hydrogen-bond acceptors (Lipinski definition) is 4. The lowest BCUT2D eigenvalue weighted by Crippen LogP contribution is -2.30. The number of hydrazine groups is 1. The minimum absolute atomic E-state index is 0.0227. The van der Waals surface area contributed by atoms with E-state index in [0.717, 1.165) is 30.8 Å². The van der Waals surface area contributed by atoms with E-state index >= 15 is 0 Å². The van der Waals surface area contributed by atoms with Gasteiger partial charge in [-0.25, -0.2) is 4.68 Å². The van der Waals surface area contributed by atoms with Crippen molar-refractivity contribution in [1.29, 1.82) is 0 Å². The van der Waals surface area contributed by atoms with Crippen LogP contribution in [0.15, 0.2) is 42.6 Å². The summed E-state index contributed by atoms with van der Waals surface area (Å²) in [6, 6.07) is 12.0. The molecule has 5 nitrogen and oxygen atoms in total. The van der Waals surface area contributed by atoms with Crippen LogP contribution in [0.3, 0.4) is 0 Å². The van der Waals surface area contributed by atoms with E-state index < -0.39 is 0 Å². The minimum atomic E-state index is 0.0227. The summed E-state index contributed by atoms with van der Waals surface area (Å²) in [7, 11) is 0. The first kappa shape index (κ1) is 14.7. The number of aromatic nitrogens is 2. The number of nitrogens with two attached hydrogens (primary N) is 1. The van der Waals surface area contributed by atoms with Crippen LogP contribution in [0.2, 0.25) is 0 Å². The summed E-state index contributed by atoms with van der Waals surface area (Å²) in [5.41, 5.74) is 4.92. The standard InChI is InChI=1S/C15H22N4O/c1-2-11-20-12-9-14(18-16)15-8-10-17-19(15)13-6-4-3-5-7-13/h3-8,10,14,18H,2,9,11-12,16H2,1H3. The topological polar surface area (TPSA) is 65.1 Å². The van der Waals surface area contributed by atoms with Crippen molar-refractivity contribution in [1.82, 2.24) is 15.2 Å². The Labute approximate surface area is 119 Å². The Morgan fingerprint density at radius 3 is 2.75 bits per heavy atom. The molecule has 0 bridgehead atoms. The third-order valence-electron chi connectivity index (χ3n) is 3.13. The molecule has 0 aliphatic heterocycles. The summed E-state index contributed by atoms with van der Waals surface area (Å²) >= 11 is 0. The van der Waals surface area contributed by atoms with Crippen molar-refractivity contribution in [2.75, 3.05) is 13.2 Å². The highest BCUT2D eigenvalue weighted by molar-refractivity contribution is 5.33. The fourth-order valence-corrected chi connectivity index (χ4v) is 2.13. The predicted octanol–water partition coefficient (Wildman–Crippen LogP) is 2.19. The third kappa shape index (κ3) is 3.66. The number of hydrogen-bond donors (Lipinski definition) is 2. The molecule has 0 saturated carbocycles. The Balaban J connectivity index is 2.09. The van der Waals surface area contributed by atoms with Crippen molar-refractivity contribution >= 4 is 0 Å². The first-order chi connectivity index (χ1) is 9.86. The van der Waals surface area contributed by atoms with Crippen LogP contribution in [0.4, 0.5) is 0 Å². The molecular weight excluding hydrogens is 252 g/mol. The highest BCUT2D eigenvalue weighted by Gasteiger charge is 2.15. The number of benzene rings is 1. The van der Waals surface area contributed by atoms with Gasteiger partial charge in [-0.1, -0.05) is 25.1 Å². The molecule has 2 rings (SSSR count). The molecule has 2 aromatic rings. The zero-order valence-corrected chi connectivity index (χ0v) is 11.8. The van der Waals surface area contributed by atoms with E-state index in [1.54, 1.807) is 6.20 Å². The monoisotopic (exact) mass is 274 g/mol. The van der Waals surface area contributed by atoms with Gasteiger partial charge in [0.2, 0.25) is 0 Å². The molecule has 1 atom stereocenters. The lowest BCUT2D eigenvalue weighted by Gasteiger charge is -2.17. The molecule has 0 aliphatic rings. The van der Waals surface area contributed by atoms with E-state index in [0.29, 0.717) is 6.61 Å². The number of rotatable bonds is 8. The van der Waals surface area contributed by atoms with Crippen LogP contribution in [0.5, 0.6) is 0 Å². The fraction of sp³-hybridized carbons (Fsp3) is 0.400. The second-order valence-electron chi connectivity index (χ2n) is 4.62. The molecule has 0 aliphatic carbocycles. The van der Waals surface area contributed by atoms with E-state index in [1.807, 2.05) is 41.1 Å². The normalized spacial score (nSPS) is 12.5. The second-order valence-corrected chi connectivity index (χ2v) is 4.62. The molecule has 0 saturated heterocycles. The average Bonchev–Trinajstić information content (AvgIpc) is 2.98. The maximum Gasteiger partial charge on any atom is 0.0655 e. The third-order valence-corrected chi connectivity index (χ3v) is 3.13. The van der Waals surface area contributed by atoms with Crippen LogP contribution in [0.1, 0.15) is 31.5 Å². The van der Waals surface area contributed by atoms with E-state index in [2.05, 4.69) is 17.4 Å². The number of para-hydroxylation sites is 1. The van der Waals surface area contributed by atoms with Gasteiger partial charge >= 0.3 is 0 Å². The molecule has 1 aromatic carbocycles.